The van der Waals surface area contributed by atoms with E-state index in [-0.39, 0.29) is 23.9 Å². The fraction of sp³-hybridized carbons (Fsp3) is 0.750. The van der Waals surface area contributed by atoms with Gasteiger partial charge in [0.05, 0.1) is 5.92 Å². The number of allylic oxidation sites excluding steroid dienone is 1. The van der Waals surface area contributed by atoms with Gasteiger partial charge in [0.25, 0.3) is 0 Å². The maximum absolute atomic E-state index is 12.0. The number of carboxylic acid groups (broad SMARTS) is 1. The molecule has 1 aliphatic carbocycles. The highest BCUT2D eigenvalue weighted by Gasteiger charge is 2.39. The summed E-state index contributed by atoms with van der Waals surface area (Å²) < 4.78 is 5.27. The average Bonchev–Trinajstić information content (AvgIpc) is 2.88. The van der Waals surface area contributed by atoms with Crippen LogP contribution in [0.25, 0.3) is 0 Å². The highest BCUT2D eigenvalue weighted by Crippen LogP contribution is 2.35. The molecule has 3 N–H and O–H groups in total. The number of aliphatic carboxylic acids is 1. The second-order valence-electron chi connectivity index (χ2n) is 8.31. The molecule has 0 spiro atoms. The van der Waals surface area contributed by atoms with E-state index in [2.05, 4.69) is 10.6 Å². The Morgan fingerprint density at radius 3 is 2.37 bits per heavy atom. The molecule has 0 saturated heterocycles. The molecular formula is C20H34N2O5. The average molecular weight is 383 g/mol. The summed E-state index contributed by atoms with van der Waals surface area (Å²) in [5.74, 6) is -1.49. The van der Waals surface area contributed by atoms with Crippen LogP contribution in [0, 0.1) is 11.8 Å². The monoisotopic (exact) mass is 382 g/mol. The maximum atomic E-state index is 12.0. The first-order valence-corrected chi connectivity index (χ1v) is 9.61. The summed E-state index contributed by atoms with van der Waals surface area (Å²) in [5, 5.41) is 15.2. The molecular weight excluding hydrogens is 348 g/mol. The molecule has 27 heavy (non-hydrogen) atoms. The van der Waals surface area contributed by atoms with Gasteiger partial charge in [-0.15, -0.1) is 0 Å². The topological polar surface area (TPSA) is 105 Å². The number of nitrogens with one attached hydrogen (secondary N) is 2. The van der Waals surface area contributed by atoms with E-state index in [0.717, 1.165) is 12.0 Å². The minimum Gasteiger partial charge on any atom is -0.481 e. The second-order valence-corrected chi connectivity index (χ2v) is 8.31. The smallest absolute Gasteiger partial charge is 0.407 e. The largest absolute Gasteiger partial charge is 0.481 e. The van der Waals surface area contributed by atoms with Crippen LogP contribution in [0.2, 0.25) is 0 Å². The first kappa shape index (κ1) is 23.0. The van der Waals surface area contributed by atoms with Gasteiger partial charge >= 0.3 is 12.1 Å². The first-order chi connectivity index (χ1) is 12.4. The number of amides is 2. The molecule has 1 rings (SSSR count). The molecule has 1 aliphatic rings. The van der Waals surface area contributed by atoms with Gasteiger partial charge in [-0.1, -0.05) is 18.6 Å². The van der Waals surface area contributed by atoms with Crippen LogP contribution < -0.4 is 10.6 Å². The lowest BCUT2D eigenvalue weighted by Crippen LogP contribution is -2.38. The molecule has 0 aromatic carbocycles. The number of hydrogen-bond donors (Lipinski definition) is 3. The van der Waals surface area contributed by atoms with Crippen LogP contribution in [-0.2, 0) is 14.3 Å². The van der Waals surface area contributed by atoms with Crippen molar-refractivity contribution in [2.45, 2.75) is 84.9 Å². The molecule has 2 amide bonds. The fourth-order valence-electron chi connectivity index (χ4n) is 3.61. The van der Waals surface area contributed by atoms with Crippen molar-refractivity contribution in [3.8, 4) is 0 Å². The number of ether oxygens (including phenoxy) is 1. The molecule has 0 bridgehead atoms. The summed E-state index contributed by atoms with van der Waals surface area (Å²) in [6.07, 6.45) is 3.91. The van der Waals surface area contributed by atoms with Crippen LogP contribution in [0.5, 0.6) is 0 Å². The van der Waals surface area contributed by atoms with Crippen molar-refractivity contribution >= 4 is 18.0 Å². The summed E-state index contributed by atoms with van der Waals surface area (Å²) in [7, 11) is 0. The van der Waals surface area contributed by atoms with E-state index < -0.39 is 23.6 Å². The van der Waals surface area contributed by atoms with Gasteiger partial charge in [0.2, 0.25) is 5.91 Å². The lowest BCUT2D eigenvalue weighted by molar-refractivity contribution is -0.142. The van der Waals surface area contributed by atoms with Crippen LogP contribution in [-0.4, -0.2) is 40.8 Å². The van der Waals surface area contributed by atoms with Crippen LogP contribution >= 0.6 is 0 Å². The molecule has 0 radical (unpaired) electrons. The highest BCUT2D eigenvalue weighted by molar-refractivity contribution is 5.73. The molecule has 7 heteroatoms. The molecule has 0 aromatic rings. The van der Waals surface area contributed by atoms with Gasteiger partial charge < -0.3 is 20.5 Å². The van der Waals surface area contributed by atoms with E-state index in [4.69, 9.17) is 4.74 Å². The molecule has 0 aliphatic heterocycles. The predicted octanol–water partition coefficient (Wildman–Crippen LogP) is 3.24. The number of alkyl carbamates (subject to hydrolysis) is 1. The maximum Gasteiger partial charge on any atom is 0.407 e. The van der Waals surface area contributed by atoms with Crippen molar-refractivity contribution in [3.63, 3.8) is 0 Å². The third-order valence-corrected chi connectivity index (χ3v) is 4.80. The summed E-state index contributed by atoms with van der Waals surface area (Å²) in [4.78, 5) is 34.9. The summed E-state index contributed by atoms with van der Waals surface area (Å²) >= 11 is 0. The standard InChI is InChI=1S/C20H34N2O5/c1-7-14(12(2)21-13(3)23)8-9-15-10-16(11-17(15)18(24)25)22-19(26)27-20(4,5)6/h8,12,15-17H,7,9-11H2,1-6H3,(H,21,23)(H,22,26)(H,24,25)/t12?,15?,16-,17?/m0/s1. The lowest BCUT2D eigenvalue weighted by atomic mass is 9.91. The minimum absolute atomic E-state index is 0.0616. The van der Waals surface area contributed by atoms with Gasteiger partial charge in [-0.05, 0) is 59.3 Å². The molecule has 4 atom stereocenters. The third kappa shape index (κ3) is 8.01. The minimum atomic E-state index is -0.838. The van der Waals surface area contributed by atoms with Crippen molar-refractivity contribution in [3.05, 3.63) is 11.6 Å². The van der Waals surface area contributed by atoms with Crippen LogP contribution in [0.1, 0.15) is 67.2 Å². The van der Waals surface area contributed by atoms with E-state index in [0.29, 0.717) is 19.3 Å². The Hall–Kier alpha value is -2.05. The molecule has 1 fully saturated rings. The number of carboxylic acids is 1. The van der Waals surface area contributed by atoms with Gasteiger partial charge in [-0.2, -0.15) is 0 Å². The molecule has 0 heterocycles. The number of rotatable bonds is 7. The zero-order valence-electron chi connectivity index (χ0n) is 17.3. The van der Waals surface area contributed by atoms with Crippen LogP contribution in [0.4, 0.5) is 4.79 Å². The quantitative estimate of drug-likeness (QED) is 0.586. The molecule has 154 valence electrons. The molecule has 7 nitrogen and oxygen atoms in total. The van der Waals surface area contributed by atoms with Gasteiger partial charge in [-0.25, -0.2) is 4.79 Å². The van der Waals surface area contributed by atoms with Gasteiger partial charge in [0.1, 0.15) is 5.60 Å². The van der Waals surface area contributed by atoms with Crippen LogP contribution in [0.3, 0.4) is 0 Å². The zero-order chi connectivity index (χ0) is 20.8. The fourth-order valence-corrected chi connectivity index (χ4v) is 3.61. The summed E-state index contributed by atoms with van der Waals surface area (Å²) in [6, 6.07) is -0.287. The van der Waals surface area contributed by atoms with E-state index >= 15 is 0 Å². The SMILES string of the molecule is CCC(=CCC1C[C@H](NC(=O)OC(C)(C)C)CC1C(=O)O)C(C)NC(C)=O. The Balaban J connectivity index is 2.75. The summed E-state index contributed by atoms with van der Waals surface area (Å²) in [6.45, 7) is 10.8. The Morgan fingerprint density at radius 2 is 1.89 bits per heavy atom. The zero-order valence-corrected chi connectivity index (χ0v) is 17.3. The Kier molecular flexibility index (Phi) is 8.31. The summed E-state index contributed by atoms with van der Waals surface area (Å²) in [5.41, 5.74) is 0.491. The Bertz CT molecular complexity index is 579. The first-order valence-electron chi connectivity index (χ1n) is 9.61. The number of carbonyl (C=O) groups excluding carboxylic acids is 2. The predicted molar refractivity (Wildman–Crippen MR) is 103 cm³/mol. The van der Waals surface area contributed by atoms with E-state index in [9.17, 15) is 19.5 Å². The van der Waals surface area contributed by atoms with E-state index in [1.807, 2.05) is 19.9 Å². The van der Waals surface area contributed by atoms with Gasteiger partial charge in [0, 0.05) is 19.0 Å². The van der Waals surface area contributed by atoms with Crippen molar-refractivity contribution < 1.29 is 24.2 Å². The van der Waals surface area contributed by atoms with Crippen molar-refractivity contribution in [2.75, 3.05) is 0 Å². The van der Waals surface area contributed by atoms with Crippen molar-refractivity contribution in [1.29, 1.82) is 0 Å². The van der Waals surface area contributed by atoms with E-state index in [1.54, 1.807) is 20.8 Å². The molecule has 1 saturated carbocycles. The normalized spacial score (nSPS) is 24.2. The van der Waals surface area contributed by atoms with E-state index in [1.165, 1.54) is 6.92 Å². The highest BCUT2D eigenvalue weighted by atomic mass is 16.6. The van der Waals surface area contributed by atoms with Crippen molar-refractivity contribution in [2.24, 2.45) is 11.8 Å². The van der Waals surface area contributed by atoms with Crippen molar-refractivity contribution in [1.82, 2.24) is 10.6 Å². The van der Waals surface area contributed by atoms with Crippen LogP contribution in [0.15, 0.2) is 11.6 Å². The molecule has 0 aromatic heterocycles. The Labute approximate surface area is 161 Å². The second kappa shape index (κ2) is 9.76. The third-order valence-electron chi connectivity index (χ3n) is 4.80. The molecule has 3 unspecified atom stereocenters. The lowest BCUT2D eigenvalue weighted by Gasteiger charge is -2.21. The number of carbonyl (C=O) groups is 3. The Morgan fingerprint density at radius 1 is 1.26 bits per heavy atom. The van der Waals surface area contributed by atoms with Gasteiger partial charge in [0.15, 0.2) is 0 Å². The number of hydrogen-bond acceptors (Lipinski definition) is 4. The van der Waals surface area contributed by atoms with Gasteiger partial charge in [-0.3, -0.25) is 9.59 Å².